The Hall–Kier alpha value is -2.96. The highest BCUT2D eigenvalue weighted by Gasteiger charge is 2.28. The van der Waals surface area contributed by atoms with Crippen molar-refractivity contribution in [3.8, 4) is 0 Å². The summed E-state index contributed by atoms with van der Waals surface area (Å²) >= 11 is 0. The van der Waals surface area contributed by atoms with Crippen LogP contribution in [-0.2, 0) is 0 Å². The van der Waals surface area contributed by atoms with Crippen molar-refractivity contribution in [1.82, 2.24) is 9.88 Å². The van der Waals surface area contributed by atoms with Crippen molar-refractivity contribution in [3.05, 3.63) is 42.4 Å². The number of carbonyl (C=O) groups is 1. The fourth-order valence-electron chi connectivity index (χ4n) is 3.51. The first-order valence-electron chi connectivity index (χ1n) is 9.31. The second-order valence-electron chi connectivity index (χ2n) is 7.08. The second-order valence-corrected chi connectivity index (χ2v) is 7.08. The Morgan fingerprint density at radius 1 is 1.26 bits per heavy atom. The van der Waals surface area contributed by atoms with Crippen molar-refractivity contribution in [2.75, 3.05) is 30.9 Å². The molecule has 1 aromatic carbocycles. The minimum Gasteiger partial charge on any atom is -0.467 e. The fourth-order valence-corrected chi connectivity index (χ4v) is 3.51. The zero-order valence-corrected chi connectivity index (χ0v) is 15.6. The molecule has 1 atom stereocenters. The maximum absolute atomic E-state index is 13.0. The maximum Gasteiger partial charge on any atom is 0.322 e. The first kappa shape index (κ1) is 17.5. The largest absolute Gasteiger partial charge is 0.467 e. The molecule has 3 aromatic rings. The van der Waals surface area contributed by atoms with Crippen molar-refractivity contribution in [2.24, 2.45) is 0 Å². The van der Waals surface area contributed by atoms with Crippen LogP contribution in [0.15, 0.2) is 45.4 Å². The Balaban J connectivity index is 1.55. The molecule has 1 unspecified atom stereocenters. The van der Waals surface area contributed by atoms with Crippen LogP contribution < -0.4 is 10.2 Å². The molecule has 0 spiro atoms. The molecular weight excluding hydrogens is 344 g/mol. The molecule has 0 bridgehead atoms. The molecule has 142 valence electrons. The van der Waals surface area contributed by atoms with Gasteiger partial charge in [0.25, 0.3) is 6.01 Å². The number of nitrogens with zero attached hydrogens (tertiary/aromatic N) is 3. The van der Waals surface area contributed by atoms with Gasteiger partial charge in [0.2, 0.25) is 0 Å². The van der Waals surface area contributed by atoms with Crippen molar-refractivity contribution >= 4 is 28.8 Å². The minimum atomic E-state index is -0.117. The average Bonchev–Trinajstić information content (AvgIpc) is 3.26. The van der Waals surface area contributed by atoms with E-state index in [2.05, 4.69) is 10.3 Å². The number of anilines is 2. The summed E-state index contributed by atoms with van der Waals surface area (Å²) in [6.07, 6.45) is 5.79. The SMILES string of the molecule is CN(C)c1nc2cc(NC(=O)N3CCCCCC3c3ccco3)ccc2o1. The number of fused-ring (bicyclic) bond motifs is 1. The zero-order valence-electron chi connectivity index (χ0n) is 15.6. The maximum atomic E-state index is 13.0. The molecule has 0 radical (unpaired) electrons. The lowest BCUT2D eigenvalue weighted by molar-refractivity contribution is 0.179. The van der Waals surface area contributed by atoms with Crippen molar-refractivity contribution in [3.63, 3.8) is 0 Å². The minimum absolute atomic E-state index is 0.0291. The molecule has 1 fully saturated rings. The van der Waals surface area contributed by atoms with E-state index in [0.29, 0.717) is 23.8 Å². The van der Waals surface area contributed by atoms with Crippen LogP contribution in [0, 0.1) is 0 Å². The lowest BCUT2D eigenvalue weighted by atomic mass is 10.1. The van der Waals surface area contributed by atoms with E-state index in [1.54, 1.807) is 6.26 Å². The van der Waals surface area contributed by atoms with E-state index >= 15 is 0 Å². The van der Waals surface area contributed by atoms with E-state index in [1.807, 2.05) is 54.2 Å². The van der Waals surface area contributed by atoms with Crippen molar-refractivity contribution in [1.29, 1.82) is 0 Å². The standard InChI is InChI=1S/C20H24N4O3/c1-23(2)20-22-15-13-14(9-10-17(15)27-20)21-19(25)24-11-5-3-4-7-16(24)18-8-6-12-26-18/h6,8-10,12-13,16H,3-5,7,11H2,1-2H3,(H,21,25). The molecule has 1 saturated heterocycles. The molecule has 7 nitrogen and oxygen atoms in total. The molecule has 0 saturated carbocycles. The van der Waals surface area contributed by atoms with Gasteiger partial charge in [0.15, 0.2) is 5.58 Å². The van der Waals surface area contributed by atoms with Gasteiger partial charge in [0.1, 0.15) is 11.3 Å². The number of likely N-dealkylation sites (tertiary alicyclic amines) is 1. The highest BCUT2D eigenvalue weighted by molar-refractivity contribution is 5.92. The van der Waals surface area contributed by atoms with Gasteiger partial charge in [-0.05, 0) is 43.2 Å². The molecule has 27 heavy (non-hydrogen) atoms. The normalized spacial score (nSPS) is 17.7. The zero-order chi connectivity index (χ0) is 18.8. The molecule has 2 aromatic heterocycles. The van der Waals surface area contributed by atoms with Gasteiger partial charge in [-0.15, -0.1) is 0 Å². The number of hydrogen-bond donors (Lipinski definition) is 1. The van der Waals surface area contributed by atoms with E-state index in [9.17, 15) is 4.79 Å². The van der Waals surface area contributed by atoms with Crippen LogP contribution in [0.4, 0.5) is 16.5 Å². The third-order valence-electron chi connectivity index (χ3n) is 4.90. The number of aromatic nitrogens is 1. The molecular formula is C20H24N4O3. The Labute approximate surface area is 157 Å². The Kier molecular flexibility index (Phi) is 4.75. The highest BCUT2D eigenvalue weighted by Crippen LogP contribution is 2.31. The summed E-state index contributed by atoms with van der Waals surface area (Å²) in [5, 5.41) is 3.01. The fraction of sp³-hybridized carbons (Fsp3) is 0.400. The van der Waals surface area contributed by atoms with Gasteiger partial charge in [0, 0.05) is 26.3 Å². The average molecular weight is 368 g/mol. The first-order valence-corrected chi connectivity index (χ1v) is 9.31. The molecule has 0 aliphatic carbocycles. The van der Waals surface area contributed by atoms with E-state index < -0.39 is 0 Å². The monoisotopic (exact) mass is 368 g/mol. The molecule has 3 heterocycles. The number of benzene rings is 1. The van der Waals surface area contributed by atoms with Crippen molar-refractivity contribution < 1.29 is 13.6 Å². The van der Waals surface area contributed by atoms with E-state index in [1.165, 1.54) is 0 Å². The molecule has 1 N–H and O–H groups in total. The van der Waals surface area contributed by atoms with Gasteiger partial charge in [0.05, 0.1) is 12.3 Å². The van der Waals surface area contributed by atoms with Gasteiger partial charge < -0.3 is 24.0 Å². The summed E-state index contributed by atoms with van der Waals surface area (Å²) in [4.78, 5) is 21.1. The molecule has 1 aliphatic rings. The van der Waals surface area contributed by atoms with Gasteiger partial charge in [-0.25, -0.2) is 4.79 Å². The van der Waals surface area contributed by atoms with Crippen LogP contribution >= 0.6 is 0 Å². The van der Waals surface area contributed by atoms with Gasteiger partial charge in [-0.3, -0.25) is 0 Å². The number of rotatable bonds is 3. The summed E-state index contributed by atoms with van der Waals surface area (Å²) in [5.41, 5.74) is 2.11. The Bertz CT molecular complexity index is 917. The quantitative estimate of drug-likeness (QED) is 0.729. The van der Waals surface area contributed by atoms with E-state index in [-0.39, 0.29) is 12.1 Å². The van der Waals surface area contributed by atoms with Crippen LogP contribution in [-0.4, -0.2) is 36.6 Å². The van der Waals surface area contributed by atoms with E-state index in [4.69, 9.17) is 8.83 Å². The van der Waals surface area contributed by atoms with Crippen LogP contribution in [0.3, 0.4) is 0 Å². The molecule has 7 heteroatoms. The number of furan rings is 1. The number of oxazole rings is 1. The Morgan fingerprint density at radius 2 is 2.15 bits per heavy atom. The van der Waals surface area contributed by atoms with Crippen LogP contribution in [0.1, 0.15) is 37.5 Å². The third-order valence-corrected chi connectivity index (χ3v) is 4.90. The van der Waals surface area contributed by atoms with Crippen LogP contribution in [0.25, 0.3) is 11.1 Å². The summed E-state index contributed by atoms with van der Waals surface area (Å²) in [6.45, 7) is 0.716. The number of carbonyl (C=O) groups excluding carboxylic acids is 1. The third kappa shape index (κ3) is 3.63. The summed E-state index contributed by atoms with van der Waals surface area (Å²) in [6, 6.07) is 9.72. The highest BCUT2D eigenvalue weighted by atomic mass is 16.4. The lowest BCUT2D eigenvalue weighted by Crippen LogP contribution is -2.37. The molecule has 2 amide bonds. The number of nitrogens with one attached hydrogen (secondary N) is 1. The summed E-state index contributed by atoms with van der Waals surface area (Å²) < 4.78 is 11.3. The number of hydrogen-bond acceptors (Lipinski definition) is 5. The Morgan fingerprint density at radius 3 is 2.93 bits per heavy atom. The molecule has 4 rings (SSSR count). The number of urea groups is 1. The van der Waals surface area contributed by atoms with Crippen molar-refractivity contribution in [2.45, 2.75) is 31.7 Å². The molecule has 1 aliphatic heterocycles. The van der Waals surface area contributed by atoms with Crippen LogP contribution in [0.2, 0.25) is 0 Å². The van der Waals surface area contributed by atoms with E-state index in [0.717, 1.165) is 37.0 Å². The van der Waals surface area contributed by atoms with Crippen LogP contribution in [0.5, 0.6) is 0 Å². The van der Waals surface area contributed by atoms with Gasteiger partial charge in [-0.2, -0.15) is 4.98 Å². The number of amides is 2. The van der Waals surface area contributed by atoms with Gasteiger partial charge >= 0.3 is 6.03 Å². The predicted molar refractivity (Wildman–Crippen MR) is 104 cm³/mol. The van der Waals surface area contributed by atoms with Gasteiger partial charge in [-0.1, -0.05) is 12.8 Å². The second kappa shape index (κ2) is 7.34. The summed E-state index contributed by atoms with van der Waals surface area (Å²) in [7, 11) is 3.75. The smallest absolute Gasteiger partial charge is 0.322 e. The topological polar surface area (TPSA) is 74.8 Å². The predicted octanol–water partition coefficient (Wildman–Crippen LogP) is 4.64. The summed E-state index contributed by atoms with van der Waals surface area (Å²) in [5.74, 6) is 0.842. The first-order chi connectivity index (χ1) is 13.1. The lowest BCUT2D eigenvalue weighted by Gasteiger charge is -2.28.